The van der Waals surface area contributed by atoms with Crippen molar-refractivity contribution in [2.75, 3.05) is 30.9 Å². The van der Waals surface area contributed by atoms with Gasteiger partial charge in [-0.25, -0.2) is 17.9 Å². The summed E-state index contributed by atoms with van der Waals surface area (Å²) in [6.45, 7) is -0.405. The van der Waals surface area contributed by atoms with Gasteiger partial charge < -0.3 is 15.6 Å². The van der Waals surface area contributed by atoms with Gasteiger partial charge in [0.2, 0.25) is 10.0 Å². The van der Waals surface area contributed by atoms with E-state index in [0.717, 1.165) is 12.0 Å². The highest BCUT2D eigenvalue weighted by molar-refractivity contribution is 8.00. The monoisotopic (exact) mass is 334 g/mol. The summed E-state index contributed by atoms with van der Waals surface area (Å²) in [5.41, 5.74) is 6.24. The standard InChI is InChI=1S/C12H18N2O5S2/c1-19-12(16)11(15)8-14-21(17,18)6-5-20-10-4-2-3-9(13)7-10/h2-4,7,11,14-15H,5-6,8,13H2,1H3. The number of hydrogen-bond donors (Lipinski definition) is 3. The minimum absolute atomic E-state index is 0.139. The second-order valence-electron chi connectivity index (χ2n) is 4.13. The summed E-state index contributed by atoms with van der Waals surface area (Å²) >= 11 is 1.35. The van der Waals surface area contributed by atoms with Crippen LogP contribution in [0.15, 0.2) is 29.2 Å². The third kappa shape index (κ3) is 6.80. The van der Waals surface area contributed by atoms with Gasteiger partial charge in [0.05, 0.1) is 12.9 Å². The number of hydrogen-bond acceptors (Lipinski definition) is 7. The van der Waals surface area contributed by atoms with Crippen LogP contribution < -0.4 is 10.5 Å². The molecular formula is C12H18N2O5S2. The molecule has 1 aromatic rings. The van der Waals surface area contributed by atoms with Gasteiger partial charge in [-0.1, -0.05) is 6.07 Å². The van der Waals surface area contributed by atoms with Crippen LogP contribution in [-0.4, -0.2) is 50.8 Å². The molecule has 0 saturated heterocycles. The number of ether oxygens (including phenoxy) is 1. The summed E-state index contributed by atoms with van der Waals surface area (Å²) in [5.74, 6) is -0.695. The molecule has 9 heteroatoms. The van der Waals surface area contributed by atoms with Crippen molar-refractivity contribution in [3.05, 3.63) is 24.3 Å². The number of aliphatic hydroxyl groups excluding tert-OH is 1. The van der Waals surface area contributed by atoms with Crippen molar-refractivity contribution < 1.29 is 23.1 Å². The molecule has 7 nitrogen and oxygen atoms in total. The van der Waals surface area contributed by atoms with E-state index in [9.17, 15) is 18.3 Å². The fourth-order valence-electron chi connectivity index (χ4n) is 1.37. The number of carbonyl (C=O) groups is 1. The number of nitrogens with two attached hydrogens (primary N) is 1. The molecule has 0 radical (unpaired) electrons. The summed E-state index contributed by atoms with van der Waals surface area (Å²) < 4.78 is 29.8. The normalized spacial score (nSPS) is 12.9. The molecule has 0 fully saturated rings. The molecule has 0 aliphatic rings. The average molecular weight is 334 g/mol. The number of thioether (sulfide) groups is 1. The fourth-order valence-corrected chi connectivity index (χ4v) is 3.77. The first-order valence-corrected chi connectivity index (χ1v) is 8.69. The van der Waals surface area contributed by atoms with Gasteiger partial charge in [-0.2, -0.15) is 0 Å². The lowest BCUT2D eigenvalue weighted by Gasteiger charge is -2.10. The largest absolute Gasteiger partial charge is 0.467 e. The Morgan fingerprint density at radius 3 is 2.86 bits per heavy atom. The van der Waals surface area contributed by atoms with Crippen LogP contribution in [0.3, 0.4) is 0 Å². The fraction of sp³-hybridized carbons (Fsp3) is 0.417. The number of methoxy groups -OCH3 is 1. The van der Waals surface area contributed by atoms with Crippen LogP contribution in [0.5, 0.6) is 0 Å². The van der Waals surface area contributed by atoms with Crippen LogP contribution >= 0.6 is 11.8 Å². The first-order valence-electron chi connectivity index (χ1n) is 6.05. The molecule has 118 valence electrons. The second-order valence-corrected chi connectivity index (χ2v) is 7.22. The number of sulfonamides is 1. The quantitative estimate of drug-likeness (QED) is 0.342. The van der Waals surface area contributed by atoms with E-state index < -0.39 is 28.6 Å². The first kappa shape index (κ1) is 17.8. The maximum atomic E-state index is 11.7. The molecule has 1 atom stereocenters. The number of aliphatic hydroxyl groups is 1. The van der Waals surface area contributed by atoms with Crippen LogP contribution in [0.4, 0.5) is 5.69 Å². The molecule has 0 bridgehead atoms. The number of rotatable bonds is 8. The van der Waals surface area contributed by atoms with E-state index in [-0.39, 0.29) is 5.75 Å². The van der Waals surface area contributed by atoms with E-state index in [0.29, 0.717) is 11.4 Å². The molecule has 0 aliphatic heterocycles. The summed E-state index contributed by atoms with van der Waals surface area (Å²) in [6.07, 6.45) is -1.51. The minimum atomic E-state index is -3.57. The molecule has 0 heterocycles. The predicted molar refractivity (Wildman–Crippen MR) is 81.4 cm³/mol. The zero-order valence-electron chi connectivity index (χ0n) is 11.5. The summed E-state index contributed by atoms with van der Waals surface area (Å²) in [4.78, 5) is 11.8. The van der Waals surface area contributed by atoms with Crippen molar-refractivity contribution in [2.45, 2.75) is 11.0 Å². The lowest BCUT2D eigenvalue weighted by Crippen LogP contribution is -2.38. The van der Waals surface area contributed by atoms with E-state index in [1.54, 1.807) is 18.2 Å². The Morgan fingerprint density at radius 1 is 1.52 bits per heavy atom. The lowest BCUT2D eigenvalue weighted by atomic mass is 10.3. The van der Waals surface area contributed by atoms with E-state index in [2.05, 4.69) is 9.46 Å². The zero-order chi connectivity index (χ0) is 15.9. The van der Waals surface area contributed by atoms with Crippen molar-refractivity contribution in [3.63, 3.8) is 0 Å². The Bertz CT molecular complexity index is 577. The van der Waals surface area contributed by atoms with Gasteiger partial charge in [0, 0.05) is 22.9 Å². The topological polar surface area (TPSA) is 119 Å². The zero-order valence-corrected chi connectivity index (χ0v) is 13.1. The van der Waals surface area contributed by atoms with Crippen LogP contribution in [0.25, 0.3) is 0 Å². The maximum Gasteiger partial charge on any atom is 0.336 e. The van der Waals surface area contributed by atoms with Gasteiger partial charge in [-0.3, -0.25) is 0 Å². The first-order chi connectivity index (χ1) is 9.84. The Morgan fingerprint density at radius 2 is 2.24 bits per heavy atom. The van der Waals surface area contributed by atoms with Crippen molar-refractivity contribution in [2.24, 2.45) is 0 Å². The van der Waals surface area contributed by atoms with E-state index in [1.807, 2.05) is 6.07 Å². The lowest BCUT2D eigenvalue weighted by molar-refractivity contribution is -0.149. The second kappa shape index (κ2) is 8.23. The van der Waals surface area contributed by atoms with Crippen molar-refractivity contribution in [3.8, 4) is 0 Å². The number of esters is 1. The Labute approximate surface area is 127 Å². The van der Waals surface area contributed by atoms with Gasteiger partial charge in [-0.15, -0.1) is 11.8 Å². The van der Waals surface area contributed by atoms with Gasteiger partial charge >= 0.3 is 5.97 Å². The highest BCUT2D eigenvalue weighted by Gasteiger charge is 2.18. The Balaban J connectivity index is 2.38. The molecular weight excluding hydrogens is 316 g/mol. The summed E-state index contributed by atoms with van der Waals surface area (Å²) in [7, 11) is -2.46. The predicted octanol–water partition coefficient (Wildman–Crippen LogP) is -0.186. The molecule has 1 aromatic carbocycles. The molecule has 0 aliphatic carbocycles. The molecule has 0 saturated carbocycles. The van der Waals surface area contributed by atoms with Crippen molar-refractivity contribution in [1.82, 2.24) is 4.72 Å². The van der Waals surface area contributed by atoms with E-state index in [1.165, 1.54) is 11.8 Å². The molecule has 21 heavy (non-hydrogen) atoms. The molecule has 1 rings (SSSR count). The van der Waals surface area contributed by atoms with E-state index >= 15 is 0 Å². The van der Waals surface area contributed by atoms with Gasteiger partial charge in [0.15, 0.2) is 6.10 Å². The number of nitrogen functional groups attached to an aromatic ring is 1. The van der Waals surface area contributed by atoms with Gasteiger partial charge in [0.1, 0.15) is 0 Å². The van der Waals surface area contributed by atoms with Gasteiger partial charge in [-0.05, 0) is 18.2 Å². The Hall–Kier alpha value is -1.29. The van der Waals surface area contributed by atoms with Crippen molar-refractivity contribution >= 4 is 33.4 Å². The third-order valence-electron chi connectivity index (χ3n) is 2.45. The third-order valence-corrected chi connectivity index (χ3v) is 5.05. The minimum Gasteiger partial charge on any atom is -0.467 e. The highest BCUT2D eigenvalue weighted by atomic mass is 32.2. The smallest absolute Gasteiger partial charge is 0.336 e. The van der Waals surface area contributed by atoms with E-state index in [4.69, 9.17) is 5.73 Å². The van der Waals surface area contributed by atoms with Crippen LogP contribution in [0.1, 0.15) is 0 Å². The molecule has 0 amide bonds. The summed E-state index contributed by atoms with van der Waals surface area (Å²) in [5, 5.41) is 9.29. The van der Waals surface area contributed by atoms with Crippen molar-refractivity contribution in [1.29, 1.82) is 0 Å². The SMILES string of the molecule is COC(=O)C(O)CNS(=O)(=O)CCSc1cccc(N)c1. The number of anilines is 1. The molecule has 0 spiro atoms. The van der Waals surface area contributed by atoms with Gasteiger partial charge in [0.25, 0.3) is 0 Å². The molecule has 4 N–H and O–H groups in total. The number of carbonyl (C=O) groups excluding carboxylic acids is 1. The molecule has 0 aromatic heterocycles. The number of benzene rings is 1. The van der Waals surface area contributed by atoms with Crippen LogP contribution in [-0.2, 0) is 19.6 Å². The van der Waals surface area contributed by atoms with Crippen LogP contribution in [0.2, 0.25) is 0 Å². The highest BCUT2D eigenvalue weighted by Crippen LogP contribution is 2.20. The maximum absolute atomic E-state index is 11.7. The Kier molecular flexibility index (Phi) is 6.96. The molecule has 1 unspecified atom stereocenters. The number of nitrogens with one attached hydrogen (secondary N) is 1. The average Bonchev–Trinajstić information content (AvgIpc) is 2.44. The van der Waals surface area contributed by atoms with Crippen LogP contribution in [0, 0.1) is 0 Å². The summed E-state index contributed by atoms with van der Waals surface area (Å²) in [6, 6.07) is 7.13.